The normalized spacial score (nSPS) is 21.5. The van der Waals surface area contributed by atoms with Crippen LogP contribution in [0, 0.1) is 0 Å². The first-order valence-corrected chi connectivity index (χ1v) is 10.8. The van der Waals surface area contributed by atoms with Gasteiger partial charge in [-0.15, -0.1) is 0 Å². The zero-order valence-corrected chi connectivity index (χ0v) is 17.6. The fourth-order valence-corrected chi connectivity index (χ4v) is 4.42. The number of anilines is 2. The number of nitrogens with one attached hydrogen (secondary N) is 1. The van der Waals surface area contributed by atoms with E-state index >= 15 is 0 Å². The van der Waals surface area contributed by atoms with Crippen molar-refractivity contribution in [1.29, 1.82) is 0 Å². The number of aromatic nitrogens is 3. The molecule has 1 saturated heterocycles. The maximum atomic E-state index is 12.8. The lowest BCUT2D eigenvalue weighted by molar-refractivity contribution is 0.122. The first kappa shape index (κ1) is 20.0. The summed E-state index contributed by atoms with van der Waals surface area (Å²) >= 11 is 0. The van der Waals surface area contributed by atoms with Crippen molar-refractivity contribution in [2.24, 2.45) is 7.05 Å². The number of fused-ring (bicyclic) bond motifs is 1. The topological polar surface area (TPSA) is 92.5 Å². The number of aryl methyl sites for hydroxylation is 1. The zero-order chi connectivity index (χ0) is 21.4. The monoisotopic (exact) mass is 421 g/mol. The number of nitrogens with zero attached hydrogens (tertiary/aromatic N) is 4. The minimum absolute atomic E-state index is 0.112. The van der Waals surface area contributed by atoms with Crippen LogP contribution >= 0.6 is 0 Å². The van der Waals surface area contributed by atoms with Crippen molar-refractivity contribution in [2.75, 3.05) is 36.5 Å². The number of rotatable bonds is 4. The molecule has 2 aromatic heterocycles. The van der Waals surface area contributed by atoms with Gasteiger partial charge in [0.15, 0.2) is 0 Å². The van der Waals surface area contributed by atoms with Crippen LogP contribution in [0.3, 0.4) is 0 Å². The van der Waals surface area contributed by atoms with Gasteiger partial charge in [-0.1, -0.05) is 12.1 Å². The Morgan fingerprint density at radius 2 is 1.94 bits per heavy atom. The molecule has 31 heavy (non-hydrogen) atoms. The number of ether oxygens (including phenoxy) is 1. The van der Waals surface area contributed by atoms with Crippen LogP contribution in [0.25, 0.3) is 22.2 Å². The first-order chi connectivity index (χ1) is 15.1. The van der Waals surface area contributed by atoms with E-state index < -0.39 is 6.10 Å². The van der Waals surface area contributed by atoms with E-state index in [9.17, 15) is 9.90 Å². The molecule has 2 N–H and O–H groups in total. The smallest absolute Gasteiger partial charge is 0.264 e. The summed E-state index contributed by atoms with van der Waals surface area (Å²) in [6.07, 6.45) is 3.66. The summed E-state index contributed by atoms with van der Waals surface area (Å²) in [5, 5.41) is 14.1. The number of benzene rings is 1. The van der Waals surface area contributed by atoms with Gasteiger partial charge in [0.1, 0.15) is 11.2 Å². The molecular weight excluding hydrogens is 394 g/mol. The minimum atomic E-state index is -0.436. The van der Waals surface area contributed by atoms with Crippen LogP contribution in [0.1, 0.15) is 19.3 Å². The molecule has 8 heteroatoms. The van der Waals surface area contributed by atoms with Crippen LogP contribution < -0.4 is 15.8 Å². The number of aliphatic hydroxyl groups is 1. The highest BCUT2D eigenvalue weighted by atomic mass is 16.5. The van der Waals surface area contributed by atoms with Gasteiger partial charge in [-0.2, -0.15) is 0 Å². The highest BCUT2D eigenvalue weighted by Gasteiger charge is 2.26. The van der Waals surface area contributed by atoms with Gasteiger partial charge in [0, 0.05) is 31.4 Å². The highest BCUT2D eigenvalue weighted by Crippen LogP contribution is 2.29. The molecule has 5 rings (SSSR count). The Kier molecular flexibility index (Phi) is 5.33. The van der Waals surface area contributed by atoms with Gasteiger partial charge < -0.3 is 24.6 Å². The van der Waals surface area contributed by atoms with Crippen molar-refractivity contribution in [2.45, 2.75) is 31.4 Å². The molecule has 1 aliphatic carbocycles. The summed E-state index contributed by atoms with van der Waals surface area (Å²) in [7, 11) is 1.68. The van der Waals surface area contributed by atoms with Gasteiger partial charge in [0.2, 0.25) is 0 Å². The number of hydrogen-bond acceptors (Lipinski definition) is 7. The second-order valence-electron chi connectivity index (χ2n) is 8.31. The molecule has 1 aromatic carbocycles. The average Bonchev–Trinajstić information content (AvgIpc) is 3.21. The standard InChI is InChI=1S/C23H27N5O3/c1-27-14-24-19-13-18(15-5-7-16(8-6-15)28-9-11-31-12-10-28)26-22(21(19)23(27)30)25-17-3-2-4-20(17)29/h5-8,13-14,17,20,29H,2-4,9-12H2,1H3,(H,25,26)/t17-,20-/m0/s1. The van der Waals surface area contributed by atoms with Crippen molar-refractivity contribution in [3.8, 4) is 11.3 Å². The Hall–Kier alpha value is -2.97. The molecule has 0 amide bonds. The van der Waals surface area contributed by atoms with E-state index in [0.717, 1.165) is 62.5 Å². The zero-order valence-electron chi connectivity index (χ0n) is 17.6. The van der Waals surface area contributed by atoms with Gasteiger partial charge in [-0.05, 0) is 37.5 Å². The summed E-state index contributed by atoms with van der Waals surface area (Å²) < 4.78 is 6.89. The molecule has 2 aliphatic rings. The number of aliphatic hydroxyl groups excluding tert-OH is 1. The molecule has 0 spiro atoms. The third-order valence-electron chi connectivity index (χ3n) is 6.24. The van der Waals surface area contributed by atoms with Gasteiger partial charge in [0.05, 0.1) is 42.9 Å². The van der Waals surface area contributed by atoms with E-state index in [4.69, 9.17) is 9.72 Å². The summed E-state index contributed by atoms with van der Waals surface area (Å²) in [4.78, 5) is 24.4. The van der Waals surface area contributed by atoms with E-state index in [1.807, 2.05) is 18.2 Å². The number of hydrogen-bond donors (Lipinski definition) is 2. The van der Waals surface area contributed by atoms with E-state index in [0.29, 0.717) is 16.7 Å². The Labute approximate surface area is 180 Å². The molecule has 2 atom stereocenters. The maximum Gasteiger partial charge on any atom is 0.264 e. The molecule has 3 heterocycles. The number of pyridine rings is 1. The predicted molar refractivity (Wildman–Crippen MR) is 121 cm³/mol. The van der Waals surface area contributed by atoms with E-state index in [1.54, 1.807) is 7.05 Å². The molecule has 2 fully saturated rings. The van der Waals surface area contributed by atoms with Crippen LogP contribution in [0.15, 0.2) is 41.5 Å². The van der Waals surface area contributed by atoms with Crippen molar-refractivity contribution in [3.05, 3.63) is 47.0 Å². The highest BCUT2D eigenvalue weighted by molar-refractivity contribution is 5.91. The fourth-order valence-electron chi connectivity index (χ4n) is 4.42. The third-order valence-corrected chi connectivity index (χ3v) is 6.24. The van der Waals surface area contributed by atoms with Crippen LogP contribution in [-0.2, 0) is 11.8 Å². The lowest BCUT2D eigenvalue weighted by Gasteiger charge is -2.28. The van der Waals surface area contributed by atoms with E-state index in [2.05, 4.69) is 27.3 Å². The average molecular weight is 422 g/mol. The second-order valence-corrected chi connectivity index (χ2v) is 8.31. The minimum Gasteiger partial charge on any atom is -0.391 e. The Morgan fingerprint density at radius 1 is 1.16 bits per heavy atom. The van der Waals surface area contributed by atoms with Crippen molar-refractivity contribution >= 4 is 22.4 Å². The number of morpholine rings is 1. The van der Waals surface area contributed by atoms with E-state index in [1.165, 1.54) is 10.9 Å². The lowest BCUT2D eigenvalue weighted by atomic mass is 10.1. The Bertz CT molecular complexity index is 1140. The van der Waals surface area contributed by atoms with E-state index in [-0.39, 0.29) is 11.6 Å². The summed E-state index contributed by atoms with van der Waals surface area (Å²) in [6.45, 7) is 3.27. The maximum absolute atomic E-state index is 12.8. The Morgan fingerprint density at radius 3 is 2.65 bits per heavy atom. The van der Waals surface area contributed by atoms with Crippen LogP contribution in [0.5, 0.6) is 0 Å². The fraction of sp³-hybridized carbons (Fsp3) is 0.435. The molecule has 1 aliphatic heterocycles. The van der Waals surface area contributed by atoms with Crippen molar-refractivity contribution < 1.29 is 9.84 Å². The SMILES string of the molecule is Cn1cnc2cc(-c3ccc(N4CCOCC4)cc3)nc(N[C@H]3CCC[C@@H]3O)c2c1=O. The first-order valence-electron chi connectivity index (χ1n) is 10.8. The van der Waals surface area contributed by atoms with Crippen molar-refractivity contribution in [3.63, 3.8) is 0 Å². The molecular formula is C23H27N5O3. The summed E-state index contributed by atoms with van der Waals surface area (Å²) in [5.74, 6) is 0.490. The van der Waals surface area contributed by atoms with Gasteiger partial charge >= 0.3 is 0 Å². The molecule has 162 valence electrons. The molecule has 1 saturated carbocycles. The quantitative estimate of drug-likeness (QED) is 0.667. The summed E-state index contributed by atoms with van der Waals surface area (Å²) in [5.41, 5.74) is 3.31. The third kappa shape index (κ3) is 3.88. The molecule has 0 unspecified atom stereocenters. The van der Waals surface area contributed by atoms with Gasteiger partial charge in [-0.25, -0.2) is 9.97 Å². The molecule has 3 aromatic rings. The van der Waals surface area contributed by atoms with Crippen molar-refractivity contribution in [1.82, 2.24) is 14.5 Å². The molecule has 8 nitrogen and oxygen atoms in total. The van der Waals surface area contributed by atoms with Crippen LogP contribution in [-0.4, -0.2) is 58.1 Å². The van der Waals surface area contributed by atoms with Crippen LogP contribution in [0.2, 0.25) is 0 Å². The molecule has 0 radical (unpaired) electrons. The second kappa shape index (κ2) is 8.28. The van der Waals surface area contributed by atoms with Crippen LogP contribution in [0.4, 0.5) is 11.5 Å². The largest absolute Gasteiger partial charge is 0.391 e. The molecule has 0 bridgehead atoms. The Balaban J connectivity index is 1.54. The van der Waals surface area contributed by atoms with Gasteiger partial charge in [-0.3, -0.25) is 4.79 Å². The predicted octanol–water partition coefficient (Wildman–Crippen LogP) is 2.16. The lowest BCUT2D eigenvalue weighted by Crippen LogP contribution is -2.36. The summed E-state index contributed by atoms with van der Waals surface area (Å²) in [6, 6.07) is 10.0. The van der Waals surface area contributed by atoms with Gasteiger partial charge in [0.25, 0.3) is 5.56 Å².